The molecular weight excluding hydrogens is 256 g/mol. The Labute approximate surface area is 120 Å². The first kappa shape index (κ1) is 14.9. The van der Waals surface area contributed by atoms with Gasteiger partial charge in [-0.1, -0.05) is 6.08 Å². The summed E-state index contributed by atoms with van der Waals surface area (Å²) in [6.45, 7) is 6.92. The minimum atomic E-state index is -0.726. The fourth-order valence-electron chi connectivity index (χ4n) is 3.68. The Kier molecular flexibility index (Phi) is 4.68. The van der Waals surface area contributed by atoms with Crippen molar-refractivity contribution >= 4 is 12.0 Å². The minimum absolute atomic E-state index is 0.0914. The van der Waals surface area contributed by atoms with E-state index in [1.807, 2.05) is 11.8 Å². The lowest BCUT2D eigenvalue weighted by atomic mass is 9.88. The summed E-state index contributed by atoms with van der Waals surface area (Å²) in [5.41, 5.74) is 0. The monoisotopic (exact) mass is 280 g/mol. The van der Waals surface area contributed by atoms with Crippen LogP contribution in [0.2, 0.25) is 0 Å². The third kappa shape index (κ3) is 2.97. The number of fused-ring (bicyclic) bond motifs is 2. The number of carbonyl (C=O) groups is 2. The molecule has 2 aliphatic rings. The Morgan fingerprint density at radius 1 is 1.35 bits per heavy atom. The van der Waals surface area contributed by atoms with Gasteiger partial charge in [-0.3, -0.25) is 4.79 Å². The number of carboxylic acid groups (broad SMARTS) is 1. The Morgan fingerprint density at radius 2 is 1.95 bits per heavy atom. The molecule has 0 spiro atoms. The Morgan fingerprint density at radius 3 is 2.40 bits per heavy atom. The molecule has 2 heterocycles. The molecule has 2 saturated heterocycles. The molecule has 0 radical (unpaired) electrons. The first-order valence-electron chi connectivity index (χ1n) is 7.46. The number of likely N-dealkylation sites (N-methyl/N-ethyl adjacent to an activating group) is 1. The predicted molar refractivity (Wildman–Crippen MR) is 76.5 cm³/mol. The molecule has 20 heavy (non-hydrogen) atoms. The van der Waals surface area contributed by atoms with Crippen molar-refractivity contribution < 1.29 is 14.7 Å². The fourth-order valence-corrected chi connectivity index (χ4v) is 3.68. The second-order valence-electron chi connectivity index (χ2n) is 5.84. The van der Waals surface area contributed by atoms with Gasteiger partial charge in [-0.2, -0.15) is 0 Å². The van der Waals surface area contributed by atoms with Crippen LogP contribution in [0.4, 0.5) is 4.79 Å². The van der Waals surface area contributed by atoms with E-state index in [1.54, 1.807) is 11.0 Å². The lowest BCUT2D eigenvalue weighted by molar-refractivity contribution is -0.138. The van der Waals surface area contributed by atoms with Crippen LogP contribution in [0.15, 0.2) is 12.7 Å². The molecule has 2 amide bonds. The number of hydrogen-bond acceptors (Lipinski definition) is 2. The molecule has 2 unspecified atom stereocenters. The Hall–Kier alpha value is -1.52. The van der Waals surface area contributed by atoms with Crippen LogP contribution in [0.5, 0.6) is 0 Å². The first-order chi connectivity index (χ1) is 9.56. The van der Waals surface area contributed by atoms with E-state index in [4.69, 9.17) is 5.11 Å². The average Bonchev–Trinajstić information content (AvgIpc) is 2.66. The maximum atomic E-state index is 12.6. The number of aliphatic carboxylic acids is 1. The maximum absolute atomic E-state index is 12.6. The second-order valence-corrected chi connectivity index (χ2v) is 5.84. The van der Waals surface area contributed by atoms with E-state index in [9.17, 15) is 9.59 Å². The number of amides is 2. The van der Waals surface area contributed by atoms with Gasteiger partial charge < -0.3 is 14.9 Å². The van der Waals surface area contributed by atoms with Crippen LogP contribution in [-0.4, -0.2) is 52.1 Å². The highest BCUT2D eigenvalue weighted by Gasteiger charge is 2.44. The van der Waals surface area contributed by atoms with Crippen molar-refractivity contribution in [1.29, 1.82) is 0 Å². The molecule has 0 aromatic rings. The number of piperidine rings is 1. The average molecular weight is 280 g/mol. The van der Waals surface area contributed by atoms with Gasteiger partial charge in [0.1, 0.15) is 0 Å². The molecule has 2 fully saturated rings. The SMILES string of the molecule is C=CCN(CC)C(=O)N1C2CCC1CC(CC(=O)O)C2. The van der Waals surface area contributed by atoms with Crippen LogP contribution in [-0.2, 0) is 4.79 Å². The zero-order chi connectivity index (χ0) is 14.7. The molecule has 1 N–H and O–H groups in total. The highest BCUT2D eigenvalue weighted by molar-refractivity contribution is 5.76. The standard InChI is InChI=1S/C15H24N2O3/c1-3-7-16(4-2)15(20)17-12-5-6-13(17)9-11(8-12)10-14(18)19/h3,11-13H,1,4-10H2,2H3,(H,18,19). The van der Waals surface area contributed by atoms with E-state index < -0.39 is 5.97 Å². The maximum Gasteiger partial charge on any atom is 0.320 e. The van der Waals surface area contributed by atoms with E-state index in [0.717, 1.165) is 25.7 Å². The molecule has 0 aliphatic carbocycles. The quantitative estimate of drug-likeness (QED) is 0.786. The van der Waals surface area contributed by atoms with Crippen LogP contribution >= 0.6 is 0 Å². The number of carboxylic acids is 1. The first-order valence-corrected chi connectivity index (χ1v) is 7.46. The van der Waals surface area contributed by atoms with Crippen LogP contribution < -0.4 is 0 Å². The zero-order valence-electron chi connectivity index (χ0n) is 12.1. The summed E-state index contributed by atoms with van der Waals surface area (Å²) in [6, 6.07) is 0.544. The molecule has 112 valence electrons. The van der Waals surface area contributed by atoms with Gasteiger partial charge in [0.2, 0.25) is 0 Å². The number of nitrogens with zero attached hydrogens (tertiary/aromatic N) is 2. The van der Waals surface area contributed by atoms with Gasteiger partial charge in [0, 0.05) is 31.6 Å². The van der Waals surface area contributed by atoms with E-state index in [2.05, 4.69) is 6.58 Å². The largest absolute Gasteiger partial charge is 0.481 e. The van der Waals surface area contributed by atoms with Crippen LogP contribution in [0.1, 0.15) is 39.0 Å². The molecule has 2 atom stereocenters. The summed E-state index contributed by atoms with van der Waals surface area (Å²) in [4.78, 5) is 27.3. The predicted octanol–water partition coefficient (Wildman–Crippen LogP) is 2.33. The van der Waals surface area contributed by atoms with Crippen LogP contribution in [0.25, 0.3) is 0 Å². The van der Waals surface area contributed by atoms with Crippen molar-refractivity contribution in [2.75, 3.05) is 13.1 Å². The van der Waals surface area contributed by atoms with Crippen LogP contribution in [0.3, 0.4) is 0 Å². The fraction of sp³-hybridized carbons (Fsp3) is 0.733. The Bertz CT molecular complexity index is 383. The summed E-state index contributed by atoms with van der Waals surface area (Å²) in [5.74, 6) is -0.500. The topological polar surface area (TPSA) is 60.9 Å². The lowest BCUT2D eigenvalue weighted by Crippen LogP contribution is -2.52. The third-order valence-corrected chi connectivity index (χ3v) is 4.52. The normalized spacial score (nSPS) is 28.2. The van der Waals surface area contributed by atoms with Gasteiger partial charge in [0.15, 0.2) is 0 Å². The van der Waals surface area contributed by atoms with Crippen molar-refractivity contribution in [2.24, 2.45) is 5.92 Å². The molecule has 5 heteroatoms. The Balaban J connectivity index is 2.03. The number of carbonyl (C=O) groups excluding carboxylic acids is 1. The molecule has 2 aliphatic heterocycles. The summed E-state index contributed by atoms with van der Waals surface area (Å²) >= 11 is 0. The van der Waals surface area contributed by atoms with Gasteiger partial charge in [0.05, 0.1) is 0 Å². The zero-order valence-corrected chi connectivity index (χ0v) is 12.1. The number of hydrogen-bond donors (Lipinski definition) is 1. The number of urea groups is 1. The molecule has 0 saturated carbocycles. The van der Waals surface area contributed by atoms with Crippen molar-refractivity contribution in [3.63, 3.8) is 0 Å². The van der Waals surface area contributed by atoms with Crippen molar-refractivity contribution in [1.82, 2.24) is 9.80 Å². The van der Waals surface area contributed by atoms with Gasteiger partial charge in [0.25, 0.3) is 0 Å². The van der Waals surface area contributed by atoms with Gasteiger partial charge in [-0.15, -0.1) is 6.58 Å². The van der Waals surface area contributed by atoms with Crippen LogP contribution in [0, 0.1) is 5.92 Å². The number of rotatable bonds is 5. The van der Waals surface area contributed by atoms with Gasteiger partial charge in [-0.25, -0.2) is 4.79 Å². The van der Waals surface area contributed by atoms with Gasteiger partial charge in [-0.05, 0) is 38.5 Å². The van der Waals surface area contributed by atoms with E-state index >= 15 is 0 Å². The molecular formula is C15H24N2O3. The van der Waals surface area contributed by atoms with E-state index in [-0.39, 0.29) is 30.5 Å². The second kappa shape index (κ2) is 6.29. The third-order valence-electron chi connectivity index (χ3n) is 4.52. The van der Waals surface area contributed by atoms with Crippen molar-refractivity contribution in [2.45, 2.75) is 51.1 Å². The molecule has 0 aromatic heterocycles. The van der Waals surface area contributed by atoms with Crippen molar-refractivity contribution in [3.8, 4) is 0 Å². The highest BCUT2D eigenvalue weighted by Crippen LogP contribution is 2.40. The summed E-state index contributed by atoms with van der Waals surface area (Å²) in [5, 5.41) is 8.93. The smallest absolute Gasteiger partial charge is 0.320 e. The summed E-state index contributed by atoms with van der Waals surface area (Å²) in [7, 11) is 0. The van der Waals surface area contributed by atoms with Crippen molar-refractivity contribution in [3.05, 3.63) is 12.7 Å². The molecule has 5 nitrogen and oxygen atoms in total. The van der Waals surface area contributed by atoms with E-state index in [1.165, 1.54) is 0 Å². The van der Waals surface area contributed by atoms with E-state index in [0.29, 0.717) is 13.1 Å². The molecule has 2 rings (SSSR count). The van der Waals surface area contributed by atoms with Gasteiger partial charge >= 0.3 is 12.0 Å². The molecule has 0 aromatic carbocycles. The lowest BCUT2D eigenvalue weighted by Gasteiger charge is -2.41. The summed E-state index contributed by atoms with van der Waals surface area (Å²) in [6.07, 6.45) is 5.68. The minimum Gasteiger partial charge on any atom is -0.481 e. The highest BCUT2D eigenvalue weighted by atomic mass is 16.4. The summed E-state index contributed by atoms with van der Waals surface area (Å²) < 4.78 is 0. The molecule has 2 bridgehead atoms.